The molecule has 1 unspecified atom stereocenters. The van der Waals surface area contributed by atoms with Crippen molar-refractivity contribution >= 4 is 31.9 Å². The van der Waals surface area contributed by atoms with Crippen LogP contribution in [-0.2, 0) is 0 Å². The minimum absolute atomic E-state index is 0.356. The molecular formula is C13H15Br2N. The van der Waals surface area contributed by atoms with Crippen LogP contribution in [0.5, 0.6) is 0 Å². The van der Waals surface area contributed by atoms with Gasteiger partial charge in [-0.3, -0.25) is 0 Å². The van der Waals surface area contributed by atoms with Crippen LogP contribution in [0.25, 0.3) is 0 Å². The van der Waals surface area contributed by atoms with Gasteiger partial charge in [-0.1, -0.05) is 31.9 Å². The Kier molecular flexibility index (Phi) is 6.12. The Labute approximate surface area is 114 Å². The van der Waals surface area contributed by atoms with Crippen LogP contribution in [0.2, 0.25) is 0 Å². The van der Waals surface area contributed by atoms with E-state index in [1.165, 1.54) is 5.56 Å². The van der Waals surface area contributed by atoms with E-state index in [9.17, 15) is 0 Å². The molecule has 0 spiro atoms. The first-order valence-corrected chi connectivity index (χ1v) is 6.79. The van der Waals surface area contributed by atoms with Crippen LogP contribution in [0.4, 0.5) is 0 Å². The molecule has 1 aromatic carbocycles. The van der Waals surface area contributed by atoms with Crippen LogP contribution in [0.1, 0.15) is 31.4 Å². The summed E-state index contributed by atoms with van der Waals surface area (Å²) in [4.78, 5) is 0. The van der Waals surface area contributed by atoms with Crippen molar-refractivity contribution in [1.82, 2.24) is 5.32 Å². The van der Waals surface area contributed by atoms with E-state index in [1.54, 1.807) is 0 Å². The standard InChI is InChI=1S/C13H15Br2N/c1-3-4-5-6-13(16-2)10-7-11(14)9-12(15)8-10/h7-9,13,16H,5-6H2,1-2H3. The van der Waals surface area contributed by atoms with E-state index >= 15 is 0 Å². The highest BCUT2D eigenvalue weighted by Gasteiger charge is 2.09. The van der Waals surface area contributed by atoms with E-state index in [0.29, 0.717) is 6.04 Å². The van der Waals surface area contributed by atoms with Gasteiger partial charge in [-0.25, -0.2) is 0 Å². The molecule has 0 bridgehead atoms. The predicted octanol–water partition coefficient (Wildman–Crippen LogP) is 4.28. The maximum Gasteiger partial charge on any atom is 0.0327 e. The highest BCUT2D eigenvalue weighted by molar-refractivity contribution is 9.11. The lowest BCUT2D eigenvalue weighted by atomic mass is 10.0. The van der Waals surface area contributed by atoms with Gasteiger partial charge in [0, 0.05) is 21.4 Å². The van der Waals surface area contributed by atoms with Gasteiger partial charge in [-0.2, -0.15) is 0 Å². The second-order valence-corrected chi connectivity index (χ2v) is 5.34. The fourth-order valence-corrected chi connectivity index (χ4v) is 2.92. The molecule has 86 valence electrons. The molecule has 3 heteroatoms. The Morgan fingerprint density at radius 2 is 1.88 bits per heavy atom. The zero-order valence-corrected chi connectivity index (χ0v) is 12.7. The summed E-state index contributed by atoms with van der Waals surface area (Å²) in [5, 5.41) is 3.32. The lowest BCUT2D eigenvalue weighted by Crippen LogP contribution is -2.16. The summed E-state index contributed by atoms with van der Waals surface area (Å²) in [5.74, 6) is 6.02. The zero-order valence-electron chi connectivity index (χ0n) is 9.48. The van der Waals surface area contributed by atoms with Gasteiger partial charge in [0.15, 0.2) is 0 Å². The minimum atomic E-state index is 0.356. The summed E-state index contributed by atoms with van der Waals surface area (Å²) < 4.78 is 2.19. The minimum Gasteiger partial charge on any atom is -0.313 e. The molecule has 1 N–H and O–H groups in total. The first kappa shape index (κ1) is 13.8. The Bertz CT molecular complexity index is 384. The van der Waals surface area contributed by atoms with Crippen LogP contribution < -0.4 is 5.32 Å². The van der Waals surface area contributed by atoms with E-state index in [-0.39, 0.29) is 0 Å². The molecule has 1 nitrogen and oxygen atoms in total. The second kappa shape index (κ2) is 7.11. The van der Waals surface area contributed by atoms with Crippen LogP contribution in [0.3, 0.4) is 0 Å². The third-order valence-electron chi connectivity index (χ3n) is 2.37. The molecule has 1 rings (SSSR count). The van der Waals surface area contributed by atoms with Gasteiger partial charge in [0.2, 0.25) is 0 Å². The zero-order chi connectivity index (χ0) is 12.0. The molecule has 0 radical (unpaired) electrons. The summed E-state index contributed by atoms with van der Waals surface area (Å²) in [5.41, 5.74) is 1.28. The lowest BCUT2D eigenvalue weighted by Gasteiger charge is -2.16. The molecule has 0 aliphatic carbocycles. The highest BCUT2D eigenvalue weighted by atomic mass is 79.9. The average Bonchev–Trinajstić information content (AvgIpc) is 2.23. The number of rotatable bonds is 4. The third kappa shape index (κ3) is 4.29. The van der Waals surface area contributed by atoms with E-state index in [0.717, 1.165) is 21.8 Å². The molecular weight excluding hydrogens is 330 g/mol. The molecule has 0 heterocycles. The second-order valence-electron chi connectivity index (χ2n) is 3.51. The Morgan fingerprint density at radius 3 is 2.38 bits per heavy atom. The molecule has 0 saturated heterocycles. The Morgan fingerprint density at radius 1 is 1.25 bits per heavy atom. The molecule has 1 aromatic rings. The van der Waals surface area contributed by atoms with Crippen molar-refractivity contribution in [2.75, 3.05) is 7.05 Å². The van der Waals surface area contributed by atoms with Crippen LogP contribution in [0, 0.1) is 11.8 Å². The van der Waals surface area contributed by atoms with E-state index in [2.05, 4.69) is 61.2 Å². The normalized spacial score (nSPS) is 11.8. The van der Waals surface area contributed by atoms with Crippen molar-refractivity contribution < 1.29 is 0 Å². The van der Waals surface area contributed by atoms with Gasteiger partial charge in [0.25, 0.3) is 0 Å². The Hall–Kier alpha value is -0.300. The van der Waals surface area contributed by atoms with Gasteiger partial charge in [0.05, 0.1) is 0 Å². The SMILES string of the molecule is CC#CCCC(NC)c1cc(Br)cc(Br)c1. The van der Waals surface area contributed by atoms with Crippen molar-refractivity contribution in [3.05, 3.63) is 32.7 Å². The fourth-order valence-electron chi connectivity index (χ4n) is 1.60. The maximum absolute atomic E-state index is 3.51. The third-order valence-corrected chi connectivity index (χ3v) is 3.29. The largest absolute Gasteiger partial charge is 0.313 e. The molecule has 1 atom stereocenters. The summed E-state index contributed by atoms with van der Waals surface area (Å²) >= 11 is 7.01. The molecule has 0 fully saturated rings. The first-order chi connectivity index (χ1) is 7.67. The van der Waals surface area contributed by atoms with Gasteiger partial charge >= 0.3 is 0 Å². The van der Waals surface area contributed by atoms with Gasteiger partial charge < -0.3 is 5.32 Å². The monoisotopic (exact) mass is 343 g/mol. The average molecular weight is 345 g/mol. The summed E-state index contributed by atoms with van der Waals surface area (Å²) in [7, 11) is 1.98. The van der Waals surface area contributed by atoms with Crippen LogP contribution in [-0.4, -0.2) is 7.05 Å². The molecule has 0 aromatic heterocycles. The first-order valence-electron chi connectivity index (χ1n) is 5.20. The number of nitrogens with one attached hydrogen (secondary N) is 1. The van der Waals surface area contributed by atoms with E-state index < -0.39 is 0 Å². The van der Waals surface area contributed by atoms with Crippen molar-refractivity contribution in [1.29, 1.82) is 0 Å². The number of halogens is 2. The fraction of sp³-hybridized carbons (Fsp3) is 0.385. The molecule has 0 aliphatic heterocycles. The predicted molar refractivity (Wildman–Crippen MR) is 76.3 cm³/mol. The smallest absolute Gasteiger partial charge is 0.0327 e. The number of hydrogen-bond donors (Lipinski definition) is 1. The van der Waals surface area contributed by atoms with Crippen LogP contribution >= 0.6 is 31.9 Å². The van der Waals surface area contributed by atoms with E-state index in [1.807, 2.05) is 20.0 Å². The summed E-state index contributed by atoms with van der Waals surface area (Å²) in [6.45, 7) is 1.88. The van der Waals surface area contributed by atoms with Gasteiger partial charge in [-0.05, 0) is 44.2 Å². The van der Waals surface area contributed by atoms with Gasteiger partial charge in [-0.15, -0.1) is 11.8 Å². The molecule has 16 heavy (non-hydrogen) atoms. The van der Waals surface area contributed by atoms with Crippen molar-refractivity contribution in [2.45, 2.75) is 25.8 Å². The Balaban J connectivity index is 2.80. The molecule has 0 amide bonds. The molecule has 0 saturated carbocycles. The van der Waals surface area contributed by atoms with Crippen molar-refractivity contribution in [2.24, 2.45) is 0 Å². The maximum atomic E-state index is 3.51. The number of hydrogen-bond acceptors (Lipinski definition) is 1. The lowest BCUT2D eigenvalue weighted by molar-refractivity contribution is 0.558. The summed E-state index contributed by atoms with van der Waals surface area (Å²) in [6.07, 6.45) is 1.95. The summed E-state index contributed by atoms with van der Waals surface area (Å²) in [6, 6.07) is 6.69. The number of benzene rings is 1. The quantitative estimate of drug-likeness (QED) is 0.804. The molecule has 0 aliphatic rings. The van der Waals surface area contributed by atoms with Crippen molar-refractivity contribution in [3.63, 3.8) is 0 Å². The highest BCUT2D eigenvalue weighted by Crippen LogP contribution is 2.26. The van der Waals surface area contributed by atoms with Crippen molar-refractivity contribution in [3.8, 4) is 11.8 Å². The topological polar surface area (TPSA) is 12.0 Å². The van der Waals surface area contributed by atoms with Crippen LogP contribution in [0.15, 0.2) is 27.1 Å². The van der Waals surface area contributed by atoms with E-state index in [4.69, 9.17) is 0 Å². The van der Waals surface area contributed by atoms with Gasteiger partial charge in [0.1, 0.15) is 0 Å².